The van der Waals surface area contributed by atoms with Gasteiger partial charge in [-0.25, -0.2) is 0 Å². The van der Waals surface area contributed by atoms with Crippen LogP contribution < -0.4 is 0 Å². The van der Waals surface area contributed by atoms with Gasteiger partial charge in [-0.2, -0.15) is 11.8 Å². The molecule has 0 bridgehead atoms. The minimum absolute atomic E-state index is 0.0549. The highest BCUT2D eigenvalue weighted by Crippen LogP contribution is 2.38. The Kier molecular flexibility index (Phi) is 4.69. The van der Waals surface area contributed by atoms with Crippen LogP contribution >= 0.6 is 23.4 Å². The molecule has 6 heteroatoms. The standard InChI is InChI=1S/C17H17ClN2O2S/c1-11-12(5-8-23-11)9-15(21)17(6-2-7-20-17)14-4-3-13(10-19-14)16(18)22/h2-4,6-7,10-12H,5,8-9H2,1H3. The molecule has 0 amide bonds. The van der Waals surface area contributed by atoms with E-state index in [9.17, 15) is 9.59 Å². The summed E-state index contributed by atoms with van der Waals surface area (Å²) in [5, 5.41) is -0.0683. The van der Waals surface area contributed by atoms with E-state index < -0.39 is 10.8 Å². The fraction of sp³-hybridized carbons (Fsp3) is 0.412. The van der Waals surface area contributed by atoms with Crippen LogP contribution in [0.5, 0.6) is 0 Å². The molecule has 0 spiro atoms. The third-order valence-corrected chi connectivity index (χ3v) is 6.09. The highest BCUT2D eigenvalue weighted by molar-refractivity contribution is 8.00. The molecule has 0 aliphatic carbocycles. The Morgan fingerprint density at radius 3 is 2.78 bits per heavy atom. The number of nitrogens with zero attached hydrogens (tertiary/aromatic N) is 2. The third kappa shape index (κ3) is 3.12. The first-order valence-corrected chi connectivity index (χ1v) is 9.00. The smallest absolute Gasteiger partial charge is 0.253 e. The molecule has 2 aliphatic rings. The Morgan fingerprint density at radius 1 is 1.43 bits per heavy atom. The molecule has 2 aliphatic heterocycles. The summed E-state index contributed by atoms with van der Waals surface area (Å²) in [6, 6.07) is 3.25. The Labute approximate surface area is 144 Å². The van der Waals surface area contributed by atoms with Crippen molar-refractivity contribution in [1.82, 2.24) is 4.98 Å². The number of carbonyl (C=O) groups is 2. The highest BCUT2D eigenvalue weighted by Gasteiger charge is 2.41. The number of aliphatic imine (C=N–C) groups is 1. The molecular formula is C17H17ClN2O2S. The van der Waals surface area contributed by atoms with Gasteiger partial charge in [0.15, 0.2) is 11.3 Å². The number of pyridine rings is 1. The zero-order valence-corrected chi connectivity index (χ0v) is 14.3. The largest absolute Gasteiger partial charge is 0.296 e. The lowest BCUT2D eigenvalue weighted by atomic mass is 9.84. The Bertz CT molecular complexity index is 672. The van der Waals surface area contributed by atoms with Gasteiger partial charge in [0.05, 0.1) is 11.3 Å². The molecule has 4 nitrogen and oxygen atoms in total. The minimum atomic E-state index is -1.05. The van der Waals surface area contributed by atoms with Gasteiger partial charge in [-0.3, -0.25) is 19.6 Å². The van der Waals surface area contributed by atoms with Crippen LogP contribution in [-0.4, -0.2) is 33.2 Å². The van der Waals surface area contributed by atoms with Gasteiger partial charge in [0.1, 0.15) is 0 Å². The second kappa shape index (κ2) is 6.57. The Morgan fingerprint density at radius 2 is 2.26 bits per heavy atom. The first-order valence-electron chi connectivity index (χ1n) is 7.57. The molecule has 3 unspecified atom stereocenters. The van der Waals surface area contributed by atoms with Crippen LogP contribution in [0.4, 0.5) is 0 Å². The van der Waals surface area contributed by atoms with Crippen LogP contribution in [-0.2, 0) is 10.3 Å². The molecule has 1 aromatic rings. The van der Waals surface area contributed by atoms with Gasteiger partial charge in [0.25, 0.3) is 5.24 Å². The molecule has 3 rings (SSSR count). The summed E-state index contributed by atoms with van der Waals surface area (Å²) in [4.78, 5) is 32.8. The fourth-order valence-electron chi connectivity index (χ4n) is 3.02. The molecule has 3 heterocycles. The fourth-order valence-corrected chi connectivity index (χ4v) is 4.45. The van der Waals surface area contributed by atoms with Crippen LogP contribution in [0.25, 0.3) is 0 Å². The number of carbonyl (C=O) groups excluding carboxylic acids is 2. The molecule has 3 atom stereocenters. The minimum Gasteiger partial charge on any atom is -0.296 e. The first kappa shape index (κ1) is 16.4. The van der Waals surface area contributed by atoms with E-state index in [1.807, 2.05) is 11.8 Å². The van der Waals surface area contributed by atoms with Crippen molar-refractivity contribution in [2.24, 2.45) is 10.9 Å². The summed E-state index contributed by atoms with van der Waals surface area (Å²) >= 11 is 7.36. The predicted octanol–water partition coefficient (Wildman–Crippen LogP) is 3.40. The average molecular weight is 349 g/mol. The molecule has 1 saturated heterocycles. The van der Waals surface area contributed by atoms with Gasteiger partial charge in [0.2, 0.25) is 0 Å². The molecule has 0 N–H and O–H groups in total. The van der Waals surface area contributed by atoms with Crippen molar-refractivity contribution in [2.45, 2.75) is 30.6 Å². The van der Waals surface area contributed by atoms with Crippen molar-refractivity contribution in [2.75, 3.05) is 5.75 Å². The average Bonchev–Trinajstić information content (AvgIpc) is 3.18. The normalized spacial score (nSPS) is 29.1. The maximum atomic E-state index is 13.0. The lowest BCUT2D eigenvalue weighted by Crippen LogP contribution is -2.34. The van der Waals surface area contributed by atoms with Crippen molar-refractivity contribution in [3.8, 4) is 0 Å². The number of aromatic nitrogens is 1. The van der Waals surface area contributed by atoms with E-state index in [1.54, 1.807) is 30.5 Å². The molecule has 1 aromatic heterocycles. The molecule has 0 saturated carbocycles. The quantitative estimate of drug-likeness (QED) is 0.765. The third-order valence-electron chi connectivity index (χ3n) is 4.49. The van der Waals surface area contributed by atoms with Crippen LogP contribution in [0.2, 0.25) is 0 Å². The topological polar surface area (TPSA) is 59.4 Å². The molecule has 1 fully saturated rings. The van der Waals surface area contributed by atoms with Gasteiger partial charge in [0, 0.05) is 24.1 Å². The van der Waals surface area contributed by atoms with Crippen molar-refractivity contribution in [3.05, 3.63) is 41.7 Å². The van der Waals surface area contributed by atoms with Crippen molar-refractivity contribution < 1.29 is 9.59 Å². The van der Waals surface area contributed by atoms with E-state index in [0.29, 0.717) is 28.8 Å². The lowest BCUT2D eigenvalue weighted by Gasteiger charge is -2.25. The van der Waals surface area contributed by atoms with E-state index in [4.69, 9.17) is 11.6 Å². The maximum Gasteiger partial charge on any atom is 0.253 e. The highest BCUT2D eigenvalue weighted by atomic mass is 35.5. The Balaban J connectivity index is 1.87. The van der Waals surface area contributed by atoms with E-state index in [2.05, 4.69) is 16.9 Å². The molecule has 23 heavy (non-hydrogen) atoms. The second-order valence-electron chi connectivity index (χ2n) is 5.86. The van der Waals surface area contributed by atoms with Crippen molar-refractivity contribution in [1.29, 1.82) is 0 Å². The first-order chi connectivity index (χ1) is 11.0. The van der Waals surface area contributed by atoms with Gasteiger partial charge in [-0.1, -0.05) is 6.92 Å². The number of Topliss-reactive ketones (excluding diaryl/α,β-unsaturated/α-hetero) is 1. The number of rotatable bonds is 5. The monoisotopic (exact) mass is 348 g/mol. The SMILES string of the molecule is CC1SCCC1CC(=O)C1(c2ccc(C(=O)Cl)cn2)C=CC=N1. The zero-order chi connectivity index (χ0) is 16.4. The van der Waals surface area contributed by atoms with Crippen LogP contribution in [0.1, 0.15) is 35.8 Å². The van der Waals surface area contributed by atoms with Crippen LogP contribution in [0.15, 0.2) is 35.5 Å². The molecule has 0 radical (unpaired) electrons. The van der Waals surface area contributed by atoms with Gasteiger partial charge >= 0.3 is 0 Å². The maximum absolute atomic E-state index is 13.0. The van der Waals surface area contributed by atoms with Crippen molar-refractivity contribution in [3.63, 3.8) is 0 Å². The summed E-state index contributed by atoms with van der Waals surface area (Å²) in [5.74, 6) is 1.55. The number of halogens is 1. The predicted molar refractivity (Wildman–Crippen MR) is 93.4 cm³/mol. The number of hydrogen-bond donors (Lipinski definition) is 0. The van der Waals surface area contributed by atoms with E-state index in [-0.39, 0.29) is 5.78 Å². The summed E-state index contributed by atoms with van der Waals surface area (Å²) < 4.78 is 0. The van der Waals surface area contributed by atoms with E-state index >= 15 is 0 Å². The number of hydrogen-bond acceptors (Lipinski definition) is 5. The summed E-state index contributed by atoms with van der Waals surface area (Å²) in [6.45, 7) is 2.18. The van der Waals surface area contributed by atoms with Gasteiger partial charge in [-0.15, -0.1) is 0 Å². The van der Waals surface area contributed by atoms with Gasteiger partial charge in [-0.05, 0) is 54.0 Å². The van der Waals surface area contributed by atoms with Crippen LogP contribution in [0, 0.1) is 5.92 Å². The summed E-state index contributed by atoms with van der Waals surface area (Å²) in [6.07, 6.45) is 8.14. The lowest BCUT2D eigenvalue weighted by molar-refractivity contribution is -0.123. The van der Waals surface area contributed by atoms with Gasteiger partial charge < -0.3 is 0 Å². The molecular weight excluding hydrogens is 332 g/mol. The number of ketones is 1. The van der Waals surface area contributed by atoms with E-state index in [1.165, 1.54) is 6.20 Å². The number of allylic oxidation sites excluding steroid dienone is 1. The Hall–Kier alpha value is -1.46. The van der Waals surface area contributed by atoms with E-state index in [0.717, 1.165) is 12.2 Å². The molecule has 0 aromatic carbocycles. The molecule has 120 valence electrons. The summed E-state index contributed by atoms with van der Waals surface area (Å²) in [5.41, 5.74) is -0.210. The van der Waals surface area contributed by atoms with Crippen molar-refractivity contribution >= 4 is 40.6 Å². The zero-order valence-electron chi connectivity index (χ0n) is 12.7. The number of thioether (sulfide) groups is 1. The second-order valence-corrected chi connectivity index (χ2v) is 7.69. The summed E-state index contributed by atoms with van der Waals surface area (Å²) in [7, 11) is 0. The van der Waals surface area contributed by atoms with Crippen LogP contribution in [0.3, 0.4) is 0 Å².